The van der Waals surface area contributed by atoms with Crippen LogP contribution in [0.15, 0.2) is 29.2 Å². The maximum atomic E-state index is 12.5. The largest absolute Gasteiger partial charge is 0.279 e. The smallest absolute Gasteiger partial charge is 0.273 e. The van der Waals surface area contributed by atoms with Crippen molar-refractivity contribution in [2.24, 2.45) is 0 Å². The molecule has 7 nitrogen and oxygen atoms in total. The molecular formula is C22H27N3O4S2. The normalized spacial score (nSPS) is 15.6. The van der Waals surface area contributed by atoms with Gasteiger partial charge in [0.25, 0.3) is 5.91 Å². The number of carbonyl (C=O) groups excluding carboxylic acids is 2. The van der Waals surface area contributed by atoms with Gasteiger partial charge >= 0.3 is 0 Å². The lowest BCUT2D eigenvalue weighted by atomic mass is 9.92. The molecular weight excluding hydrogens is 434 g/mol. The lowest BCUT2D eigenvalue weighted by Gasteiger charge is -2.16. The summed E-state index contributed by atoms with van der Waals surface area (Å²) < 4.78 is 27.5. The summed E-state index contributed by atoms with van der Waals surface area (Å²) in [5.74, 6) is -0.801. The van der Waals surface area contributed by atoms with Crippen molar-refractivity contribution < 1.29 is 18.0 Å². The summed E-state index contributed by atoms with van der Waals surface area (Å²) in [6.45, 7) is -0.0472. The van der Waals surface area contributed by atoms with E-state index in [1.165, 1.54) is 27.3 Å². The van der Waals surface area contributed by atoms with E-state index in [1.807, 2.05) is 12.1 Å². The van der Waals surface area contributed by atoms with Gasteiger partial charge < -0.3 is 0 Å². The summed E-state index contributed by atoms with van der Waals surface area (Å²) >= 11 is 1.47. The second-order valence-electron chi connectivity index (χ2n) is 8.05. The third kappa shape index (κ3) is 5.34. The first-order valence-electron chi connectivity index (χ1n) is 10.7. The molecule has 31 heavy (non-hydrogen) atoms. The minimum Gasteiger partial charge on any atom is -0.273 e. The molecule has 0 unspecified atom stereocenters. The number of aryl methyl sites for hydroxylation is 4. The van der Waals surface area contributed by atoms with E-state index in [0.29, 0.717) is 4.88 Å². The van der Waals surface area contributed by atoms with Crippen molar-refractivity contribution >= 4 is 33.2 Å². The molecule has 2 aromatic rings. The van der Waals surface area contributed by atoms with Crippen molar-refractivity contribution in [1.29, 1.82) is 0 Å². The Labute approximate surface area is 186 Å². The second-order valence-corrected chi connectivity index (χ2v) is 11.0. The Morgan fingerprint density at radius 1 is 0.871 bits per heavy atom. The van der Waals surface area contributed by atoms with Gasteiger partial charge in [-0.3, -0.25) is 20.4 Å². The zero-order chi connectivity index (χ0) is 21.8. The summed E-state index contributed by atoms with van der Waals surface area (Å²) in [4.78, 5) is 26.4. The molecule has 0 atom stereocenters. The van der Waals surface area contributed by atoms with Crippen LogP contribution in [0.2, 0.25) is 0 Å². The van der Waals surface area contributed by atoms with Gasteiger partial charge in [-0.1, -0.05) is 6.07 Å². The molecule has 1 aromatic carbocycles. The molecule has 4 rings (SSSR count). The highest BCUT2D eigenvalue weighted by molar-refractivity contribution is 7.89. The SMILES string of the molecule is O=C(CCNS(=O)(=O)c1ccc2c(c1)CCCC2)NNC(=O)c1cc2c(s1)CCCC2. The van der Waals surface area contributed by atoms with Crippen LogP contribution in [0.1, 0.15) is 63.3 Å². The van der Waals surface area contributed by atoms with Gasteiger partial charge in [0.2, 0.25) is 15.9 Å². The molecule has 166 valence electrons. The molecule has 0 spiro atoms. The van der Waals surface area contributed by atoms with Crippen molar-refractivity contribution in [1.82, 2.24) is 15.6 Å². The molecule has 1 aromatic heterocycles. The maximum absolute atomic E-state index is 12.5. The van der Waals surface area contributed by atoms with Gasteiger partial charge in [0.05, 0.1) is 9.77 Å². The quantitative estimate of drug-likeness (QED) is 0.575. The van der Waals surface area contributed by atoms with Crippen molar-refractivity contribution in [3.63, 3.8) is 0 Å². The molecule has 0 saturated carbocycles. The van der Waals surface area contributed by atoms with Gasteiger partial charge in [0, 0.05) is 17.8 Å². The number of hydrogen-bond donors (Lipinski definition) is 3. The molecule has 0 aliphatic heterocycles. The van der Waals surface area contributed by atoms with Crippen LogP contribution in [-0.2, 0) is 40.5 Å². The molecule has 0 radical (unpaired) electrons. The minimum atomic E-state index is -3.68. The number of rotatable bonds is 6. The number of benzene rings is 1. The highest BCUT2D eigenvalue weighted by Crippen LogP contribution is 2.29. The molecule has 2 amide bonds. The number of hydrazine groups is 1. The van der Waals surface area contributed by atoms with E-state index >= 15 is 0 Å². The zero-order valence-electron chi connectivity index (χ0n) is 17.3. The molecule has 9 heteroatoms. The van der Waals surface area contributed by atoms with Crippen LogP contribution in [0.3, 0.4) is 0 Å². The Morgan fingerprint density at radius 3 is 2.35 bits per heavy atom. The predicted octanol–water partition coefficient (Wildman–Crippen LogP) is 2.64. The second kappa shape index (κ2) is 9.50. The van der Waals surface area contributed by atoms with E-state index in [1.54, 1.807) is 12.1 Å². The van der Waals surface area contributed by atoms with Gasteiger partial charge in [-0.2, -0.15) is 0 Å². The number of carbonyl (C=O) groups is 2. The molecule has 0 bridgehead atoms. The van der Waals surface area contributed by atoms with Crippen LogP contribution in [-0.4, -0.2) is 26.8 Å². The van der Waals surface area contributed by atoms with Crippen LogP contribution < -0.4 is 15.6 Å². The molecule has 0 fully saturated rings. The Morgan fingerprint density at radius 2 is 1.58 bits per heavy atom. The number of sulfonamides is 1. The van der Waals surface area contributed by atoms with Crippen molar-refractivity contribution in [2.45, 2.75) is 62.7 Å². The van der Waals surface area contributed by atoms with E-state index in [9.17, 15) is 18.0 Å². The summed E-state index contributed by atoms with van der Waals surface area (Å²) in [6, 6.07) is 7.13. The van der Waals surface area contributed by atoms with E-state index in [2.05, 4.69) is 15.6 Å². The molecule has 3 N–H and O–H groups in total. The van der Waals surface area contributed by atoms with Gasteiger partial charge in [-0.15, -0.1) is 11.3 Å². The number of amides is 2. The Hall–Kier alpha value is -2.23. The predicted molar refractivity (Wildman–Crippen MR) is 119 cm³/mol. The number of fused-ring (bicyclic) bond motifs is 2. The van der Waals surface area contributed by atoms with E-state index in [0.717, 1.165) is 56.9 Å². The fourth-order valence-corrected chi connectivity index (χ4v) is 6.34. The first-order chi connectivity index (χ1) is 14.9. The van der Waals surface area contributed by atoms with E-state index in [-0.39, 0.29) is 23.8 Å². The van der Waals surface area contributed by atoms with Crippen LogP contribution in [0, 0.1) is 0 Å². The van der Waals surface area contributed by atoms with Crippen LogP contribution in [0.5, 0.6) is 0 Å². The lowest BCUT2D eigenvalue weighted by Crippen LogP contribution is -2.42. The number of nitrogens with one attached hydrogen (secondary N) is 3. The van der Waals surface area contributed by atoms with E-state index < -0.39 is 15.9 Å². The molecule has 2 aliphatic carbocycles. The van der Waals surface area contributed by atoms with Crippen LogP contribution in [0.4, 0.5) is 0 Å². The maximum Gasteiger partial charge on any atom is 0.279 e. The number of thiophene rings is 1. The van der Waals surface area contributed by atoms with Crippen molar-refractivity contribution in [3.05, 3.63) is 50.7 Å². The molecule has 1 heterocycles. The van der Waals surface area contributed by atoms with Crippen LogP contribution >= 0.6 is 11.3 Å². The van der Waals surface area contributed by atoms with Gasteiger partial charge in [0.15, 0.2) is 0 Å². The highest BCUT2D eigenvalue weighted by atomic mass is 32.2. The first-order valence-corrected chi connectivity index (χ1v) is 13.0. The summed E-state index contributed by atoms with van der Waals surface area (Å²) in [7, 11) is -3.68. The van der Waals surface area contributed by atoms with Gasteiger partial charge in [-0.05, 0) is 86.3 Å². The van der Waals surface area contributed by atoms with Gasteiger partial charge in [0.1, 0.15) is 0 Å². The Bertz CT molecular complexity index is 1070. The Balaban J connectivity index is 1.24. The fourth-order valence-electron chi connectivity index (χ4n) is 4.11. The topological polar surface area (TPSA) is 104 Å². The standard InChI is InChI=1S/C22H27N3O4S2/c26-21(24-25-22(27)20-14-17-7-3-4-8-19(17)30-20)11-12-23-31(28,29)18-10-9-15-5-1-2-6-16(15)13-18/h9-10,13-14,23H,1-8,11-12H2,(H,24,26)(H,25,27). The number of hydrogen-bond acceptors (Lipinski definition) is 5. The van der Waals surface area contributed by atoms with Crippen molar-refractivity contribution in [3.8, 4) is 0 Å². The fraction of sp³-hybridized carbons (Fsp3) is 0.455. The van der Waals surface area contributed by atoms with E-state index in [4.69, 9.17) is 0 Å². The summed E-state index contributed by atoms with van der Waals surface area (Å²) in [5, 5.41) is 0. The van der Waals surface area contributed by atoms with Gasteiger partial charge in [-0.25, -0.2) is 13.1 Å². The zero-order valence-corrected chi connectivity index (χ0v) is 19.0. The van der Waals surface area contributed by atoms with Crippen LogP contribution in [0.25, 0.3) is 0 Å². The summed E-state index contributed by atoms with van der Waals surface area (Å²) in [6.07, 6.45) is 8.31. The third-order valence-corrected chi connectivity index (χ3v) is 8.50. The molecule has 0 saturated heterocycles. The molecule has 2 aliphatic rings. The minimum absolute atomic E-state index is 0.0472. The average molecular weight is 462 g/mol. The highest BCUT2D eigenvalue weighted by Gasteiger charge is 2.19. The summed E-state index contributed by atoms with van der Waals surface area (Å²) in [5.41, 5.74) is 8.31. The monoisotopic (exact) mass is 461 g/mol. The van der Waals surface area contributed by atoms with Crippen molar-refractivity contribution in [2.75, 3.05) is 6.54 Å². The first kappa shape index (κ1) is 22.0. The third-order valence-electron chi connectivity index (χ3n) is 5.81. The Kier molecular flexibility index (Phi) is 6.74. The average Bonchev–Trinajstić information content (AvgIpc) is 3.21. The lowest BCUT2D eigenvalue weighted by molar-refractivity contribution is -0.121.